The minimum atomic E-state index is -0.158. The molecule has 0 radical (unpaired) electrons. The zero-order valence-electron chi connectivity index (χ0n) is 26.8. The van der Waals surface area contributed by atoms with Crippen LogP contribution in [0.4, 0.5) is 17.1 Å². The number of hydrogen-bond acceptors (Lipinski definition) is 2. The van der Waals surface area contributed by atoms with Gasteiger partial charge in [0, 0.05) is 22.5 Å². The van der Waals surface area contributed by atoms with Gasteiger partial charge in [-0.05, 0) is 139 Å². The zero-order valence-corrected chi connectivity index (χ0v) is 26.8. The maximum Gasteiger partial charge on any atom is 0.357 e. The number of aromatic nitrogens is 2. The summed E-state index contributed by atoms with van der Waals surface area (Å²) in [5.41, 5.74) is 12.6. The average Bonchev–Trinajstić information content (AvgIpc) is 3.50. The van der Waals surface area contributed by atoms with E-state index in [0.717, 1.165) is 28.7 Å². The van der Waals surface area contributed by atoms with Crippen molar-refractivity contribution in [2.45, 2.75) is 77.0 Å². The number of para-hydroxylation sites is 1. The Morgan fingerprint density at radius 1 is 0.778 bits per heavy atom. The van der Waals surface area contributed by atoms with Gasteiger partial charge in [0.2, 0.25) is 0 Å². The fourth-order valence-corrected chi connectivity index (χ4v) is 10.7. The lowest BCUT2D eigenvalue weighted by atomic mass is 9.46. The van der Waals surface area contributed by atoms with E-state index in [-0.39, 0.29) is 23.2 Å². The highest BCUT2D eigenvalue weighted by Crippen LogP contribution is 2.61. The summed E-state index contributed by atoms with van der Waals surface area (Å²) in [6.07, 6.45) is 8.24. The van der Waals surface area contributed by atoms with E-state index in [9.17, 15) is 4.79 Å². The molecule has 0 amide bonds. The lowest BCUT2D eigenvalue weighted by Crippen LogP contribution is -2.55. The molecule has 2 aliphatic heterocycles. The summed E-state index contributed by atoms with van der Waals surface area (Å²) in [6.45, 7) is 8.71. The predicted octanol–water partition coefficient (Wildman–Crippen LogP) is 7.62. The van der Waals surface area contributed by atoms with Crippen LogP contribution < -0.4 is 21.4 Å². The van der Waals surface area contributed by atoms with E-state index in [1.807, 2.05) is 0 Å². The number of aryl methyl sites for hydroxylation is 1. The summed E-state index contributed by atoms with van der Waals surface area (Å²) in [5, 5.41) is 0.828. The number of rotatable bonds is 2. The molecule has 45 heavy (non-hydrogen) atoms. The van der Waals surface area contributed by atoms with Crippen LogP contribution in [0.25, 0.3) is 16.6 Å². The van der Waals surface area contributed by atoms with Crippen LogP contribution in [0.3, 0.4) is 0 Å². The van der Waals surface area contributed by atoms with Gasteiger partial charge in [-0.1, -0.05) is 57.2 Å². The largest absolute Gasteiger partial charge is 0.357 e. The number of anilines is 3. The molecule has 3 heterocycles. The molecule has 4 bridgehead atoms. The van der Waals surface area contributed by atoms with Gasteiger partial charge < -0.3 is 4.90 Å². The van der Waals surface area contributed by atoms with Crippen LogP contribution in [-0.2, 0) is 10.8 Å². The summed E-state index contributed by atoms with van der Waals surface area (Å²) in [4.78, 5) is 17.1. The average molecular weight is 590 g/mol. The normalized spacial score (nSPS) is 25.6. The third kappa shape index (κ3) is 3.47. The standard InChI is InChI=1S/C40H40BN3O/c1-24-10-12-32-34(14-24)42(30-8-6-5-7-9-30)35-19-29(40-21-25-15-26(22-40)17-27(16-25)23-40)20-36-37(35)41(32)44-38(45)31-18-28(39(2,3)4)11-13-33(31)43(36)44/h5-14,18-20,25-27H,15-17,21-23H2,1-4H3. The molecular formula is C40H40BN3O. The quantitative estimate of drug-likeness (QED) is 0.194. The Morgan fingerprint density at radius 2 is 1.47 bits per heavy atom. The number of hydrogen-bond donors (Lipinski definition) is 0. The topological polar surface area (TPSA) is 30.2 Å². The molecule has 4 fully saturated rings. The van der Waals surface area contributed by atoms with E-state index >= 15 is 0 Å². The molecule has 5 heteroatoms. The minimum Gasteiger partial charge on any atom is -0.311 e. The Balaban J connectivity index is 1.31. The van der Waals surface area contributed by atoms with Gasteiger partial charge in [0.05, 0.1) is 16.6 Å². The highest BCUT2D eigenvalue weighted by Gasteiger charge is 2.53. The third-order valence-corrected chi connectivity index (χ3v) is 12.3. The second-order valence-electron chi connectivity index (χ2n) is 16.2. The number of nitrogens with zero attached hydrogens (tertiary/aromatic N) is 3. The summed E-state index contributed by atoms with van der Waals surface area (Å²) < 4.78 is 4.39. The van der Waals surface area contributed by atoms with E-state index in [2.05, 4.69) is 121 Å². The van der Waals surface area contributed by atoms with Gasteiger partial charge in [0.15, 0.2) is 0 Å². The van der Waals surface area contributed by atoms with Crippen LogP contribution in [-0.4, -0.2) is 16.1 Å². The van der Waals surface area contributed by atoms with Crippen molar-refractivity contribution in [2.75, 3.05) is 4.90 Å². The van der Waals surface area contributed by atoms with E-state index in [1.165, 1.54) is 88.9 Å². The summed E-state index contributed by atoms with van der Waals surface area (Å²) >= 11 is 0. The van der Waals surface area contributed by atoms with E-state index < -0.39 is 0 Å². The van der Waals surface area contributed by atoms with Gasteiger partial charge in [-0.2, -0.15) is 0 Å². The second kappa shape index (κ2) is 8.63. The molecule has 0 atom stereocenters. The number of benzene rings is 4. The van der Waals surface area contributed by atoms with E-state index in [1.54, 1.807) is 0 Å². The lowest BCUT2D eigenvalue weighted by Gasteiger charge is -2.57. The predicted molar refractivity (Wildman–Crippen MR) is 186 cm³/mol. The Labute approximate surface area is 265 Å². The van der Waals surface area contributed by atoms with Crippen LogP contribution in [0.5, 0.6) is 0 Å². The second-order valence-corrected chi connectivity index (χ2v) is 16.2. The van der Waals surface area contributed by atoms with Crippen molar-refractivity contribution in [3.05, 3.63) is 106 Å². The maximum atomic E-state index is 14.6. The molecule has 11 rings (SSSR count). The van der Waals surface area contributed by atoms with Gasteiger partial charge in [-0.3, -0.25) is 14.1 Å². The fourth-order valence-electron chi connectivity index (χ4n) is 10.7. The number of fused-ring (bicyclic) bond motifs is 7. The first-order valence-electron chi connectivity index (χ1n) is 17.1. The van der Waals surface area contributed by atoms with Crippen molar-refractivity contribution in [1.29, 1.82) is 0 Å². The highest BCUT2D eigenvalue weighted by molar-refractivity contribution is 6.88. The maximum absolute atomic E-state index is 14.6. The van der Waals surface area contributed by atoms with Crippen LogP contribution in [0.1, 0.15) is 76.0 Å². The highest BCUT2D eigenvalue weighted by atomic mass is 16.1. The fraction of sp³-hybridized carbons (Fsp3) is 0.375. The molecule has 4 nitrogen and oxygen atoms in total. The Hall–Kier alpha value is -3.99. The Morgan fingerprint density at radius 3 is 2.16 bits per heavy atom. The van der Waals surface area contributed by atoms with E-state index in [0.29, 0.717) is 0 Å². The van der Waals surface area contributed by atoms with Gasteiger partial charge in [-0.25, -0.2) is 0 Å². The molecule has 0 saturated heterocycles. The first kappa shape index (κ1) is 26.3. The van der Waals surface area contributed by atoms with E-state index in [4.69, 9.17) is 0 Å². The van der Waals surface area contributed by atoms with Gasteiger partial charge in [-0.15, -0.1) is 0 Å². The van der Waals surface area contributed by atoms with Crippen LogP contribution in [0.2, 0.25) is 0 Å². The molecule has 5 aromatic rings. The molecule has 0 spiro atoms. The SMILES string of the molecule is Cc1ccc2c(c1)N(c1ccccc1)c1cc(C34CC5CC(CC(C5)C3)C4)cc3c1B2n1c(=O)c2cc(C(C)(C)C)ccc2n1-3. The molecule has 4 aliphatic carbocycles. The van der Waals surface area contributed by atoms with Crippen molar-refractivity contribution in [1.82, 2.24) is 9.27 Å². The van der Waals surface area contributed by atoms with Crippen LogP contribution in [0, 0.1) is 24.7 Å². The van der Waals surface area contributed by atoms with Crippen molar-refractivity contribution in [3.8, 4) is 5.69 Å². The summed E-state index contributed by atoms with van der Waals surface area (Å²) in [7, 11) is 0. The molecule has 6 aliphatic rings. The van der Waals surface area contributed by atoms with Gasteiger partial charge >= 0.3 is 6.85 Å². The van der Waals surface area contributed by atoms with Crippen molar-refractivity contribution in [2.24, 2.45) is 17.8 Å². The molecule has 4 aromatic carbocycles. The van der Waals surface area contributed by atoms with Gasteiger partial charge in [0.1, 0.15) is 0 Å². The molecular weight excluding hydrogens is 549 g/mol. The Kier molecular flexibility index (Phi) is 5.03. The smallest absolute Gasteiger partial charge is 0.311 e. The summed E-state index contributed by atoms with van der Waals surface area (Å²) in [5.74, 6) is 2.59. The van der Waals surface area contributed by atoms with Crippen molar-refractivity contribution in [3.63, 3.8) is 0 Å². The first-order valence-corrected chi connectivity index (χ1v) is 17.1. The van der Waals surface area contributed by atoms with Crippen LogP contribution in [0.15, 0.2) is 83.7 Å². The zero-order chi connectivity index (χ0) is 30.4. The third-order valence-electron chi connectivity index (χ3n) is 12.3. The molecule has 0 N–H and O–H groups in total. The first-order chi connectivity index (χ1) is 21.7. The summed E-state index contributed by atoms with van der Waals surface area (Å²) in [6, 6.07) is 29.4. The van der Waals surface area contributed by atoms with Crippen LogP contribution >= 0.6 is 0 Å². The lowest BCUT2D eigenvalue weighted by molar-refractivity contribution is -0.00516. The monoisotopic (exact) mass is 589 g/mol. The molecule has 0 unspecified atom stereocenters. The molecule has 1 aromatic heterocycles. The van der Waals surface area contributed by atoms with Crippen molar-refractivity contribution < 1.29 is 0 Å². The van der Waals surface area contributed by atoms with Gasteiger partial charge in [0.25, 0.3) is 5.56 Å². The minimum absolute atomic E-state index is 0.0282. The Bertz CT molecular complexity index is 2100. The molecule has 4 saturated carbocycles. The molecule has 224 valence electrons. The van der Waals surface area contributed by atoms with Crippen molar-refractivity contribution >= 4 is 45.7 Å².